The van der Waals surface area contributed by atoms with Crippen molar-refractivity contribution < 1.29 is 9.90 Å². The van der Waals surface area contributed by atoms with Crippen LogP contribution in [0.15, 0.2) is 24.3 Å². The highest BCUT2D eigenvalue weighted by Crippen LogP contribution is 2.31. The number of hydrogen-bond donors (Lipinski definition) is 1. The van der Waals surface area contributed by atoms with Crippen LogP contribution in [0.1, 0.15) is 36.0 Å². The maximum absolute atomic E-state index is 10.9. The van der Waals surface area contributed by atoms with Crippen LogP contribution in [0.3, 0.4) is 0 Å². The Kier molecular flexibility index (Phi) is 4.15. The van der Waals surface area contributed by atoms with E-state index in [0.717, 1.165) is 11.6 Å². The summed E-state index contributed by atoms with van der Waals surface area (Å²) in [5, 5.41) is 8.95. The molecule has 1 aliphatic heterocycles. The van der Waals surface area contributed by atoms with E-state index in [1.54, 1.807) is 12.1 Å². The highest BCUT2D eigenvalue weighted by molar-refractivity contribution is 5.88. The highest BCUT2D eigenvalue weighted by atomic mass is 16.4. The Bertz CT molecular complexity index is 488. The SMILES string of the molecule is CN(c1ccc(C(=O)O)cc1)C1CCN(CC2CC2)CC1. The summed E-state index contributed by atoms with van der Waals surface area (Å²) in [6.45, 7) is 3.68. The second-order valence-corrected chi connectivity index (χ2v) is 6.44. The van der Waals surface area contributed by atoms with Gasteiger partial charge in [0.2, 0.25) is 0 Å². The van der Waals surface area contributed by atoms with Gasteiger partial charge in [-0.3, -0.25) is 0 Å². The van der Waals surface area contributed by atoms with Crippen LogP contribution in [0, 0.1) is 5.92 Å². The van der Waals surface area contributed by atoms with Crippen LogP contribution >= 0.6 is 0 Å². The van der Waals surface area contributed by atoms with Crippen molar-refractivity contribution in [1.82, 2.24) is 4.90 Å². The maximum atomic E-state index is 10.9. The average Bonchev–Trinajstić information content (AvgIpc) is 3.31. The van der Waals surface area contributed by atoms with E-state index >= 15 is 0 Å². The molecule has 0 spiro atoms. The molecule has 0 amide bonds. The normalized spacial score (nSPS) is 20.4. The Morgan fingerprint density at radius 2 is 1.81 bits per heavy atom. The van der Waals surface area contributed by atoms with E-state index in [1.165, 1.54) is 45.3 Å². The number of likely N-dealkylation sites (tertiary alicyclic amines) is 1. The number of piperidine rings is 1. The van der Waals surface area contributed by atoms with E-state index < -0.39 is 5.97 Å². The second-order valence-electron chi connectivity index (χ2n) is 6.44. The zero-order valence-electron chi connectivity index (χ0n) is 12.7. The van der Waals surface area contributed by atoms with Crippen LogP contribution in [-0.2, 0) is 0 Å². The first-order chi connectivity index (χ1) is 10.1. The number of nitrogens with zero attached hydrogens (tertiary/aromatic N) is 2. The van der Waals surface area contributed by atoms with Gasteiger partial charge in [-0.05, 0) is 55.9 Å². The monoisotopic (exact) mass is 288 g/mol. The summed E-state index contributed by atoms with van der Waals surface area (Å²) < 4.78 is 0. The van der Waals surface area contributed by atoms with Gasteiger partial charge in [0, 0.05) is 38.4 Å². The molecule has 21 heavy (non-hydrogen) atoms. The fourth-order valence-corrected chi connectivity index (χ4v) is 3.20. The lowest BCUT2D eigenvalue weighted by atomic mass is 10.0. The molecule has 1 aliphatic carbocycles. The van der Waals surface area contributed by atoms with Crippen LogP contribution < -0.4 is 4.90 Å². The van der Waals surface area contributed by atoms with Gasteiger partial charge in [0.15, 0.2) is 0 Å². The summed E-state index contributed by atoms with van der Waals surface area (Å²) in [4.78, 5) is 15.8. The van der Waals surface area contributed by atoms with E-state index in [2.05, 4.69) is 16.8 Å². The van der Waals surface area contributed by atoms with E-state index in [9.17, 15) is 4.79 Å². The molecule has 0 atom stereocenters. The summed E-state index contributed by atoms with van der Waals surface area (Å²) in [5.41, 5.74) is 1.46. The van der Waals surface area contributed by atoms with Crippen molar-refractivity contribution in [3.05, 3.63) is 29.8 Å². The van der Waals surface area contributed by atoms with Gasteiger partial charge in [0.25, 0.3) is 0 Å². The molecule has 114 valence electrons. The molecule has 1 N–H and O–H groups in total. The summed E-state index contributed by atoms with van der Waals surface area (Å²) in [6, 6.07) is 7.78. The highest BCUT2D eigenvalue weighted by Gasteiger charge is 2.28. The maximum Gasteiger partial charge on any atom is 0.335 e. The van der Waals surface area contributed by atoms with Gasteiger partial charge in [-0.2, -0.15) is 0 Å². The molecule has 0 radical (unpaired) electrons. The van der Waals surface area contributed by atoms with Crippen molar-refractivity contribution in [3.8, 4) is 0 Å². The van der Waals surface area contributed by atoms with Gasteiger partial charge in [-0.25, -0.2) is 4.79 Å². The molecular weight excluding hydrogens is 264 g/mol. The van der Waals surface area contributed by atoms with Crippen LogP contribution in [0.2, 0.25) is 0 Å². The van der Waals surface area contributed by atoms with Crippen molar-refractivity contribution >= 4 is 11.7 Å². The standard InChI is InChI=1S/C17H24N2O2/c1-18(15-6-4-14(5-7-15)17(20)21)16-8-10-19(11-9-16)12-13-2-3-13/h4-7,13,16H,2-3,8-12H2,1H3,(H,20,21). The number of benzene rings is 1. The Morgan fingerprint density at radius 1 is 1.19 bits per heavy atom. The second kappa shape index (κ2) is 6.06. The molecule has 3 rings (SSSR count). The van der Waals surface area contributed by atoms with Crippen molar-refractivity contribution in [3.63, 3.8) is 0 Å². The zero-order valence-corrected chi connectivity index (χ0v) is 12.7. The zero-order chi connectivity index (χ0) is 14.8. The van der Waals surface area contributed by atoms with E-state index in [0.29, 0.717) is 11.6 Å². The van der Waals surface area contributed by atoms with Crippen LogP contribution in [0.5, 0.6) is 0 Å². The topological polar surface area (TPSA) is 43.8 Å². The van der Waals surface area contributed by atoms with Gasteiger partial charge in [0.1, 0.15) is 0 Å². The first kappa shape index (κ1) is 14.4. The molecule has 0 unspecified atom stereocenters. The van der Waals surface area contributed by atoms with Crippen molar-refractivity contribution in [2.24, 2.45) is 5.92 Å². The molecule has 1 saturated heterocycles. The van der Waals surface area contributed by atoms with E-state index in [-0.39, 0.29) is 0 Å². The fraction of sp³-hybridized carbons (Fsp3) is 0.588. The summed E-state index contributed by atoms with van der Waals surface area (Å²) in [7, 11) is 2.12. The first-order valence-corrected chi connectivity index (χ1v) is 7.92. The number of aromatic carboxylic acids is 1. The van der Waals surface area contributed by atoms with Crippen LogP contribution in [0.4, 0.5) is 5.69 Å². The Morgan fingerprint density at radius 3 is 2.33 bits per heavy atom. The van der Waals surface area contributed by atoms with Crippen molar-refractivity contribution in [2.45, 2.75) is 31.7 Å². The van der Waals surface area contributed by atoms with Crippen LogP contribution in [0.25, 0.3) is 0 Å². The molecule has 1 aromatic rings. The molecule has 1 heterocycles. The molecule has 1 saturated carbocycles. The Labute approximate surface area is 126 Å². The molecular formula is C17H24N2O2. The Balaban J connectivity index is 1.55. The number of anilines is 1. The summed E-state index contributed by atoms with van der Waals surface area (Å²) in [6.07, 6.45) is 5.25. The molecule has 4 heteroatoms. The minimum atomic E-state index is -0.863. The van der Waals surface area contributed by atoms with Gasteiger partial charge in [-0.15, -0.1) is 0 Å². The number of rotatable bonds is 5. The van der Waals surface area contributed by atoms with E-state index in [4.69, 9.17) is 5.11 Å². The number of carbonyl (C=O) groups is 1. The Hall–Kier alpha value is -1.55. The minimum absolute atomic E-state index is 0.353. The quantitative estimate of drug-likeness (QED) is 0.904. The molecule has 0 aromatic heterocycles. The lowest BCUT2D eigenvalue weighted by Gasteiger charge is -2.38. The lowest BCUT2D eigenvalue weighted by Crippen LogP contribution is -2.44. The average molecular weight is 288 g/mol. The number of carboxylic acid groups (broad SMARTS) is 1. The summed E-state index contributed by atoms with van der Waals surface area (Å²) in [5.74, 6) is 0.112. The fourth-order valence-electron chi connectivity index (χ4n) is 3.20. The number of carboxylic acids is 1. The first-order valence-electron chi connectivity index (χ1n) is 7.92. The minimum Gasteiger partial charge on any atom is -0.478 e. The lowest BCUT2D eigenvalue weighted by molar-refractivity contribution is 0.0697. The third-order valence-electron chi connectivity index (χ3n) is 4.84. The third-order valence-corrected chi connectivity index (χ3v) is 4.84. The number of hydrogen-bond acceptors (Lipinski definition) is 3. The van der Waals surface area contributed by atoms with Gasteiger partial charge >= 0.3 is 5.97 Å². The van der Waals surface area contributed by atoms with Gasteiger partial charge in [-0.1, -0.05) is 0 Å². The summed E-state index contributed by atoms with van der Waals surface area (Å²) >= 11 is 0. The molecule has 0 bridgehead atoms. The predicted octanol–water partition coefficient (Wildman–Crippen LogP) is 2.70. The van der Waals surface area contributed by atoms with Crippen molar-refractivity contribution in [2.75, 3.05) is 31.6 Å². The molecule has 1 aromatic carbocycles. The van der Waals surface area contributed by atoms with Crippen LogP contribution in [-0.4, -0.2) is 48.7 Å². The van der Waals surface area contributed by atoms with Crippen molar-refractivity contribution in [1.29, 1.82) is 0 Å². The van der Waals surface area contributed by atoms with Gasteiger partial charge < -0.3 is 14.9 Å². The van der Waals surface area contributed by atoms with Gasteiger partial charge in [0.05, 0.1) is 5.56 Å². The molecule has 2 fully saturated rings. The molecule has 2 aliphatic rings. The largest absolute Gasteiger partial charge is 0.478 e. The molecule has 4 nitrogen and oxygen atoms in total. The smallest absolute Gasteiger partial charge is 0.335 e. The predicted molar refractivity (Wildman–Crippen MR) is 84.0 cm³/mol. The third kappa shape index (κ3) is 3.56. The van der Waals surface area contributed by atoms with E-state index in [1.807, 2.05) is 12.1 Å².